The van der Waals surface area contributed by atoms with Crippen molar-refractivity contribution in [3.8, 4) is 5.75 Å². The molecule has 0 spiro atoms. The first-order valence-electron chi connectivity index (χ1n) is 5.30. The van der Waals surface area contributed by atoms with Crippen molar-refractivity contribution >= 4 is 11.9 Å². The van der Waals surface area contributed by atoms with Crippen LogP contribution in [0.5, 0.6) is 5.75 Å². The Balaban J connectivity index is 2.99. The average molecular weight is 237 g/mol. The Morgan fingerprint density at radius 1 is 1.59 bits per heavy atom. The summed E-state index contributed by atoms with van der Waals surface area (Å²) in [4.78, 5) is 10.4. The molecule has 0 aliphatic carbocycles. The third-order valence-electron chi connectivity index (χ3n) is 1.98. The van der Waals surface area contributed by atoms with E-state index in [-0.39, 0.29) is 5.69 Å². The first-order chi connectivity index (χ1) is 8.19. The quantitative estimate of drug-likeness (QED) is 0.466. The van der Waals surface area contributed by atoms with E-state index < -0.39 is 4.92 Å². The third-order valence-corrected chi connectivity index (χ3v) is 1.98. The molecule has 0 aliphatic rings. The van der Waals surface area contributed by atoms with Gasteiger partial charge in [0.05, 0.1) is 17.7 Å². The largest absolute Gasteiger partial charge is 0.487 e. The highest BCUT2D eigenvalue weighted by Gasteiger charge is 2.15. The van der Waals surface area contributed by atoms with E-state index in [0.29, 0.717) is 17.9 Å². The van der Waals surface area contributed by atoms with Crippen LogP contribution in [0.1, 0.15) is 18.9 Å². The zero-order chi connectivity index (χ0) is 12.7. The molecule has 1 rings (SSSR count). The van der Waals surface area contributed by atoms with Gasteiger partial charge in [-0.05, 0) is 18.6 Å². The van der Waals surface area contributed by atoms with Crippen molar-refractivity contribution in [2.45, 2.75) is 13.3 Å². The molecule has 17 heavy (non-hydrogen) atoms. The number of nitro groups is 1. The average Bonchev–Trinajstić information content (AvgIpc) is 2.34. The monoisotopic (exact) mass is 237 g/mol. The van der Waals surface area contributed by atoms with E-state index in [1.165, 1.54) is 12.3 Å². The van der Waals surface area contributed by atoms with Gasteiger partial charge in [0.15, 0.2) is 5.75 Å². The van der Waals surface area contributed by atoms with Gasteiger partial charge >= 0.3 is 5.69 Å². The standard InChI is InChI=1S/C11H15N3O3/c1-3-6-17-11-5-4-9(8-13-12-2)7-10(11)14(15)16/h4-5,7-8,12H,3,6H2,1-2H3/b13-8+. The number of hydrogen-bond donors (Lipinski definition) is 1. The van der Waals surface area contributed by atoms with Crippen molar-refractivity contribution in [1.82, 2.24) is 5.43 Å². The van der Waals surface area contributed by atoms with Crippen molar-refractivity contribution in [3.05, 3.63) is 33.9 Å². The Bertz CT molecular complexity index is 418. The van der Waals surface area contributed by atoms with Crippen LogP contribution in [0.4, 0.5) is 5.69 Å². The highest BCUT2D eigenvalue weighted by molar-refractivity contribution is 5.81. The maximum atomic E-state index is 10.9. The van der Waals surface area contributed by atoms with E-state index >= 15 is 0 Å². The Kier molecular flexibility index (Phi) is 4.93. The summed E-state index contributed by atoms with van der Waals surface area (Å²) in [6, 6.07) is 4.75. The summed E-state index contributed by atoms with van der Waals surface area (Å²) >= 11 is 0. The Hall–Kier alpha value is -2.11. The fourth-order valence-corrected chi connectivity index (χ4v) is 1.23. The lowest BCUT2D eigenvalue weighted by molar-refractivity contribution is -0.385. The van der Waals surface area contributed by atoms with Gasteiger partial charge in [0.2, 0.25) is 0 Å². The highest BCUT2D eigenvalue weighted by atomic mass is 16.6. The summed E-state index contributed by atoms with van der Waals surface area (Å²) in [5.41, 5.74) is 3.19. The van der Waals surface area contributed by atoms with Crippen LogP contribution in [0.15, 0.2) is 23.3 Å². The van der Waals surface area contributed by atoms with Gasteiger partial charge in [-0.3, -0.25) is 10.1 Å². The van der Waals surface area contributed by atoms with Crippen LogP contribution in [-0.2, 0) is 0 Å². The van der Waals surface area contributed by atoms with E-state index in [4.69, 9.17) is 4.74 Å². The molecule has 0 aliphatic heterocycles. The normalized spacial score (nSPS) is 10.5. The molecule has 0 heterocycles. The fourth-order valence-electron chi connectivity index (χ4n) is 1.23. The molecular formula is C11H15N3O3. The van der Waals surface area contributed by atoms with Crippen LogP contribution >= 0.6 is 0 Å². The maximum absolute atomic E-state index is 10.9. The zero-order valence-electron chi connectivity index (χ0n) is 9.84. The molecule has 0 aromatic heterocycles. The van der Waals surface area contributed by atoms with E-state index in [1.807, 2.05) is 6.92 Å². The number of hydrazone groups is 1. The molecule has 0 amide bonds. The van der Waals surface area contributed by atoms with Crippen LogP contribution in [0.3, 0.4) is 0 Å². The van der Waals surface area contributed by atoms with Gasteiger partial charge in [-0.2, -0.15) is 5.10 Å². The zero-order valence-corrected chi connectivity index (χ0v) is 9.84. The second-order valence-corrected chi connectivity index (χ2v) is 3.31. The topological polar surface area (TPSA) is 76.8 Å². The van der Waals surface area contributed by atoms with Gasteiger partial charge in [0.25, 0.3) is 0 Å². The Labute approximate surface area is 99.4 Å². The molecule has 0 saturated carbocycles. The molecule has 1 aromatic rings. The number of nitro benzene ring substituents is 1. The predicted molar refractivity (Wildman–Crippen MR) is 65.5 cm³/mol. The Morgan fingerprint density at radius 3 is 2.94 bits per heavy atom. The van der Waals surface area contributed by atoms with Gasteiger partial charge in [-0.15, -0.1) is 0 Å². The number of benzene rings is 1. The van der Waals surface area contributed by atoms with E-state index in [0.717, 1.165) is 6.42 Å². The minimum Gasteiger partial charge on any atom is -0.487 e. The van der Waals surface area contributed by atoms with Gasteiger partial charge in [0, 0.05) is 18.7 Å². The molecule has 1 aromatic carbocycles. The number of rotatable bonds is 6. The van der Waals surface area contributed by atoms with Crippen LogP contribution < -0.4 is 10.2 Å². The molecule has 0 unspecified atom stereocenters. The summed E-state index contributed by atoms with van der Waals surface area (Å²) in [5.74, 6) is 0.290. The molecule has 0 fully saturated rings. The minimum absolute atomic E-state index is 0.0431. The molecule has 1 N–H and O–H groups in total. The molecule has 6 nitrogen and oxygen atoms in total. The molecule has 0 bridgehead atoms. The minimum atomic E-state index is -0.457. The van der Waals surface area contributed by atoms with Crippen molar-refractivity contribution in [3.63, 3.8) is 0 Å². The lowest BCUT2D eigenvalue weighted by Gasteiger charge is -2.05. The second-order valence-electron chi connectivity index (χ2n) is 3.31. The molecular weight excluding hydrogens is 222 g/mol. The Morgan fingerprint density at radius 2 is 2.35 bits per heavy atom. The first-order valence-corrected chi connectivity index (χ1v) is 5.30. The van der Waals surface area contributed by atoms with Crippen LogP contribution in [-0.4, -0.2) is 24.8 Å². The second kappa shape index (κ2) is 6.47. The van der Waals surface area contributed by atoms with E-state index in [1.54, 1.807) is 19.2 Å². The van der Waals surface area contributed by atoms with E-state index in [9.17, 15) is 10.1 Å². The summed E-state index contributed by atoms with van der Waals surface area (Å²) in [6.45, 7) is 2.41. The highest BCUT2D eigenvalue weighted by Crippen LogP contribution is 2.27. The molecule has 92 valence electrons. The smallest absolute Gasteiger partial charge is 0.311 e. The number of nitrogens with zero attached hydrogens (tertiary/aromatic N) is 2. The fraction of sp³-hybridized carbons (Fsp3) is 0.364. The van der Waals surface area contributed by atoms with Gasteiger partial charge in [-0.1, -0.05) is 6.92 Å². The number of ether oxygens (including phenoxy) is 1. The number of hydrogen-bond acceptors (Lipinski definition) is 5. The summed E-state index contributed by atoms with van der Waals surface area (Å²) < 4.78 is 5.31. The summed E-state index contributed by atoms with van der Waals surface area (Å²) in [7, 11) is 1.66. The SMILES string of the molecule is CCCOc1ccc(/C=N/NC)cc1[N+](=O)[O-]. The van der Waals surface area contributed by atoms with Gasteiger partial charge < -0.3 is 10.2 Å². The first kappa shape index (κ1) is 13.0. The lowest BCUT2D eigenvalue weighted by Crippen LogP contribution is -2.01. The van der Waals surface area contributed by atoms with Crippen molar-refractivity contribution < 1.29 is 9.66 Å². The maximum Gasteiger partial charge on any atom is 0.311 e. The van der Waals surface area contributed by atoms with Gasteiger partial charge in [-0.25, -0.2) is 0 Å². The van der Waals surface area contributed by atoms with Crippen LogP contribution in [0, 0.1) is 10.1 Å². The third kappa shape index (κ3) is 3.75. The predicted octanol–water partition coefficient (Wildman–Crippen LogP) is 1.94. The summed E-state index contributed by atoms with van der Waals surface area (Å²) in [6.07, 6.45) is 2.32. The molecule has 6 heteroatoms. The lowest BCUT2D eigenvalue weighted by atomic mass is 10.2. The van der Waals surface area contributed by atoms with Crippen molar-refractivity contribution in [1.29, 1.82) is 0 Å². The summed E-state index contributed by atoms with van der Waals surface area (Å²) in [5, 5.41) is 14.7. The number of nitrogens with one attached hydrogen (secondary N) is 1. The van der Waals surface area contributed by atoms with Crippen molar-refractivity contribution in [2.24, 2.45) is 5.10 Å². The molecule has 0 saturated heterocycles. The van der Waals surface area contributed by atoms with E-state index in [2.05, 4.69) is 10.5 Å². The molecule has 0 atom stereocenters. The van der Waals surface area contributed by atoms with Crippen LogP contribution in [0.25, 0.3) is 0 Å². The molecule has 0 radical (unpaired) electrons. The van der Waals surface area contributed by atoms with Crippen molar-refractivity contribution in [2.75, 3.05) is 13.7 Å². The van der Waals surface area contributed by atoms with Crippen LogP contribution in [0.2, 0.25) is 0 Å². The van der Waals surface area contributed by atoms with Gasteiger partial charge in [0.1, 0.15) is 0 Å².